The van der Waals surface area contributed by atoms with Gasteiger partial charge in [-0.25, -0.2) is 0 Å². The molecule has 1 saturated heterocycles. The van der Waals surface area contributed by atoms with Crippen LogP contribution in [0.25, 0.3) is 0 Å². The van der Waals surface area contributed by atoms with Gasteiger partial charge in [-0.1, -0.05) is 247 Å². The van der Waals surface area contributed by atoms with Gasteiger partial charge in [0.15, 0.2) is 6.29 Å². The Morgan fingerprint density at radius 2 is 0.829 bits per heavy atom. The number of amides is 1. The Kier molecular flexibility index (Phi) is 56.2. The summed E-state index contributed by atoms with van der Waals surface area (Å²) < 4.78 is 16.7. The van der Waals surface area contributed by atoms with Crippen molar-refractivity contribution in [3.8, 4) is 0 Å². The molecule has 0 aromatic carbocycles. The van der Waals surface area contributed by atoms with Crippen molar-refractivity contribution in [1.82, 2.24) is 5.32 Å². The molecular formula is C71H127NO10. The minimum absolute atomic E-state index is 0.0102. The SMILES string of the molecule is CCCCC/C=C\CCCCCCCC(=O)OCCCCCCCCCCC/C=C\C/C=C\CCCCCCCCCCCCCC(=O)NC(COC1OC(CO)C(O)C(O)C1O)C(O)/C=C/CC/C=C/CC/C=C/CCCCCCC. The van der Waals surface area contributed by atoms with Gasteiger partial charge in [0.05, 0.1) is 32.0 Å². The number of carbonyl (C=O) groups excluding carboxylic acids is 2. The number of nitrogens with one attached hydrogen (secondary N) is 1. The minimum Gasteiger partial charge on any atom is -0.466 e. The van der Waals surface area contributed by atoms with Gasteiger partial charge in [0, 0.05) is 12.8 Å². The number of rotatable bonds is 59. The van der Waals surface area contributed by atoms with Gasteiger partial charge in [0.25, 0.3) is 0 Å². The first-order chi connectivity index (χ1) is 40.2. The average molecular weight is 1150 g/mol. The van der Waals surface area contributed by atoms with Gasteiger partial charge in [-0.05, 0) is 116 Å². The zero-order valence-electron chi connectivity index (χ0n) is 52.7. The Hall–Kier alpha value is -2.90. The number of esters is 1. The summed E-state index contributed by atoms with van der Waals surface area (Å²) in [7, 11) is 0. The second-order valence-corrected chi connectivity index (χ2v) is 23.5. The fourth-order valence-electron chi connectivity index (χ4n) is 10.3. The normalized spacial score (nSPS) is 18.6. The van der Waals surface area contributed by atoms with E-state index in [1.54, 1.807) is 6.08 Å². The number of unbranched alkanes of at least 4 members (excludes halogenated alkanes) is 35. The Bertz CT molecular complexity index is 1590. The molecule has 1 aliphatic heterocycles. The molecule has 1 amide bonds. The first-order valence-corrected chi connectivity index (χ1v) is 34.2. The van der Waals surface area contributed by atoms with Crippen molar-refractivity contribution in [2.24, 2.45) is 0 Å². The van der Waals surface area contributed by atoms with E-state index in [0.717, 1.165) is 89.9 Å². The van der Waals surface area contributed by atoms with Crippen LogP contribution in [-0.4, -0.2) is 100 Å². The zero-order chi connectivity index (χ0) is 59.5. The van der Waals surface area contributed by atoms with Crippen molar-refractivity contribution in [1.29, 1.82) is 0 Å². The molecule has 0 aliphatic carbocycles. The van der Waals surface area contributed by atoms with Gasteiger partial charge in [-0.3, -0.25) is 9.59 Å². The molecule has 11 heteroatoms. The highest BCUT2D eigenvalue weighted by Gasteiger charge is 2.44. The van der Waals surface area contributed by atoms with E-state index in [9.17, 15) is 35.1 Å². The van der Waals surface area contributed by atoms with E-state index in [4.69, 9.17) is 14.2 Å². The molecule has 82 heavy (non-hydrogen) atoms. The summed E-state index contributed by atoms with van der Waals surface area (Å²) in [5, 5.41) is 54.5. The van der Waals surface area contributed by atoms with Gasteiger partial charge in [0.1, 0.15) is 24.4 Å². The standard InChI is InChI=1S/C71H127NO10/c1-3-5-7-9-11-13-15-17-31-34-37-41-45-49-53-57-64(74)63(62-81-71-70(79)69(78)68(77)65(61-73)82-71)72-66(75)58-54-50-46-42-38-35-32-29-27-25-23-21-19-18-20-22-24-26-28-30-33-36-40-44-48-52-56-60-80-67(76)59-55-51-47-43-39-16-14-12-10-8-6-4-2/h12,14-15,17-19,22,24,37,41,53,57,63-65,68-71,73-74,77-79H,3-11,13,16,20-21,23,25-36,38-40,42-52,54-56,58-62H2,1-2H3,(H,72,75)/b14-12-,17-15+,19-18-,24-22-,41-37+,57-53+. The molecule has 0 saturated carbocycles. The van der Waals surface area contributed by atoms with Crippen molar-refractivity contribution in [2.75, 3.05) is 19.8 Å². The van der Waals surface area contributed by atoms with Crippen LogP contribution in [0.1, 0.15) is 303 Å². The summed E-state index contributed by atoms with van der Waals surface area (Å²) in [5.41, 5.74) is 0. The number of ether oxygens (including phenoxy) is 3. The van der Waals surface area contributed by atoms with E-state index < -0.39 is 49.5 Å². The largest absolute Gasteiger partial charge is 0.466 e. The van der Waals surface area contributed by atoms with Crippen LogP contribution < -0.4 is 5.32 Å². The molecule has 1 heterocycles. The Morgan fingerprint density at radius 1 is 0.451 bits per heavy atom. The smallest absolute Gasteiger partial charge is 0.305 e. The van der Waals surface area contributed by atoms with E-state index in [2.05, 4.69) is 79.9 Å². The third kappa shape index (κ3) is 48.3. The predicted molar refractivity (Wildman–Crippen MR) is 343 cm³/mol. The highest BCUT2D eigenvalue weighted by molar-refractivity contribution is 5.76. The minimum atomic E-state index is -1.58. The summed E-state index contributed by atoms with van der Waals surface area (Å²) in [6.45, 7) is 4.29. The summed E-state index contributed by atoms with van der Waals surface area (Å²) in [4.78, 5) is 25.1. The maximum absolute atomic E-state index is 13.1. The number of hydrogen-bond donors (Lipinski definition) is 6. The second kappa shape index (κ2) is 59.8. The third-order valence-corrected chi connectivity index (χ3v) is 15.7. The molecular weight excluding hydrogens is 1030 g/mol. The summed E-state index contributed by atoms with van der Waals surface area (Å²) in [6.07, 6.45) is 70.1. The van der Waals surface area contributed by atoms with E-state index in [1.165, 1.54) is 186 Å². The Balaban J connectivity index is 2.05. The molecule has 0 radical (unpaired) electrons. The fraction of sp³-hybridized carbons (Fsp3) is 0.803. The van der Waals surface area contributed by atoms with Crippen molar-refractivity contribution in [2.45, 2.75) is 346 Å². The van der Waals surface area contributed by atoms with Crippen LogP contribution in [0.2, 0.25) is 0 Å². The fourth-order valence-corrected chi connectivity index (χ4v) is 10.3. The number of hydrogen-bond acceptors (Lipinski definition) is 10. The average Bonchev–Trinajstić information content (AvgIpc) is 3.48. The van der Waals surface area contributed by atoms with E-state index in [1.807, 2.05) is 6.08 Å². The van der Waals surface area contributed by atoms with Gasteiger partial charge in [-0.2, -0.15) is 0 Å². The van der Waals surface area contributed by atoms with Crippen LogP contribution in [0.4, 0.5) is 0 Å². The predicted octanol–water partition coefficient (Wildman–Crippen LogP) is 17.1. The summed E-state index contributed by atoms with van der Waals surface area (Å²) in [5.74, 6) is -0.210. The number of aliphatic hydroxyl groups excluding tert-OH is 5. The lowest BCUT2D eigenvalue weighted by atomic mass is 9.99. The van der Waals surface area contributed by atoms with Crippen LogP contribution >= 0.6 is 0 Å². The first-order valence-electron chi connectivity index (χ1n) is 34.2. The highest BCUT2D eigenvalue weighted by Crippen LogP contribution is 2.23. The zero-order valence-corrected chi connectivity index (χ0v) is 52.7. The Morgan fingerprint density at radius 3 is 1.30 bits per heavy atom. The molecule has 0 bridgehead atoms. The lowest BCUT2D eigenvalue weighted by Crippen LogP contribution is -2.60. The van der Waals surface area contributed by atoms with Gasteiger partial charge in [-0.15, -0.1) is 0 Å². The third-order valence-electron chi connectivity index (χ3n) is 15.7. The first kappa shape index (κ1) is 77.1. The Labute approximate surface area is 502 Å². The number of carbonyl (C=O) groups is 2. The maximum atomic E-state index is 13.1. The molecule has 7 unspecified atom stereocenters. The van der Waals surface area contributed by atoms with Crippen LogP contribution in [0.5, 0.6) is 0 Å². The van der Waals surface area contributed by atoms with Crippen LogP contribution in [-0.2, 0) is 23.8 Å². The second-order valence-electron chi connectivity index (χ2n) is 23.5. The molecule has 6 N–H and O–H groups in total. The topological polar surface area (TPSA) is 175 Å². The summed E-state index contributed by atoms with van der Waals surface area (Å²) >= 11 is 0. The van der Waals surface area contributed by atoms with Gasteiger partial charge in [0.2, 0.25) is 5.91 Å². The van der Waals surface area contributed by atoms with Crippen LogP contribution in [0, 0.1) is 0 Å². The maximum Gasteiger partial charge on any atom is 0.305 e. The quantitative estimate of drug-likeness (QED) is 0.0195. The van der Waals surface area contributed by atoms with E-state index in [0.29, 0.717) is 19.4 Å². The number of allylic oxidation sites excluding steroid dienone is 11. The highest BCUT2D eigenvalue weighted by atomic mass is 16.7. The molecule has 11 nitrogen and oxygen atoms in total. The lowest BCUT2D eigenvalue weighted by Gasteiger charge is -2.40. The van der Waals surface area contributed by atoms with Crippen molar-refractivity contribution in [3.05, 3.63) is 72.9 Å². The molecule has 1 aliphatic rings. The van der Waals surface area contributed by atoms with Crippen molar-refractivity contribution in [3.63, 3.8) is 0 Å². The van der Waals surface area contributed by atoms with Gasteiger partial charge >= 0.3 is 5.97 Å². The molecule has 0 aromatic rings. The van der Waals surface area contributed by atoms with Crippen molar-refractivity contribution < 1.29 is 49.3 Å². The van der Waals surface area contributed by atoms with E-state index >= 15 is 0 Å². The molecule has 1 rings (SSSR count). The molecule has 0 spiro atoms. The van der Waals surface area contributed by atoms with E-state index in [-0.39, 0.29) is 18.5 Å². The molecule has 0 aromatic heterocycles. The molecule has 1 fully saturated rings. The monoisotopic (exact) mass is 1150 g/mol. The molecule has 7 atom stereocenters. The van der Waals surface area contributed by atoms with Crippen LogP contribution in [0.15, 0.2) is 72.9 Å². The summed E-state index contributed by atoms with van der Waals surface area (Å²) in [6, 6.07) is -0.839. The molecule has 476 valence electrons. The van der Waals surface area contributed by atoms with Gasteiger partial charge < -0.3 is 45.1 Å². The lowest BCUT2D eigenvalue weighted by molar-refractivity contribution is -0.302. The number of aliphatic hydroxyl groups is 5. The van der Waals surface area contributed by atoms with Crippen LogP contribution in [0.3, 0.4) is 0 Å². The van der Waals surface area contributed by atoms with Crippen molar-refractivity contribution >= 4 is 11.9 Å².